The van der Waals surface area contributed by atoms with Gasteiger partial charge in [-0.05, 0) is 54.5 Å². The highest BCUT2D eigenvalue weighted by molar-refractivity contribution is 7.84. The SMILES string of the molecule is COc1cc(-c2c(C)cc3c(c2Nc2n[nH]c(S(C)=O)n2)CCC3)ccn1. The lowest BCUT2D eigenvalue weighted by Gasteiger charge is -2.18. The van der Waals surface area contributed by atoms with Crippen molar-refractivity contribution < 1.29 is 8.95 Å². The van der Waals surface area contributed by atoms with E-state index in [1.54, 1.807) is 19.6 Å². The number of anilines is 2. The third kappa shape index (κ3) is 3.32. The van der Waals surface area contributed by atoms with Crippen molar-refractivity contribution in [2.75, 3.05) is 18.7 Å². The molecule has 2 heterocycles. The number of ether oxygens (including phenoxy) is 1. The lowest BCUT2D eigenvalue weighted by atomic mass is 9.93. The van der Waals surface area contributed by atoms with Crippen molar-refractivity contribution in [2.45, 2.75) is 31.3 Å². The molecule has 1 unspecified atom stereocenters. The summed E-state index contributed by atoms with van der Waals surface area (Å²) < 4.78 is 16.9. The largest absolute Gasteiger partial charge is 0.481 e. The monoisotopic (exact) mass is 383 g/mol. The maximum Gasteiger partial charge on any atom is 0.247 e. The van der Waals surface area contributed by atoms with Crippen LogP contribution in [0.2, 0.25) is 0 Å². The standard InChI is InChI=1S/C19H21N5O2S/c1-11-9-12-5-4-6-14(12)17(21-18-22-19(24-23-18)27(3)25)16(11)13-7-8-20-15(10-13)26-2/h7-10H,4-6H2,1-3H3,(H2,21,22,23,24). The molecular formula is C19H21N5O2S. The van der Waals surface area contributed by atoms with E-state index in [2.05, 4.69) is 38.5 Å². The molecule has 1 aromatic carbocycles. The van der Waals surface area contributed by atoms with Gasteiger partial charge in [-0.15, -0.1) is 5.10 Å². The summed E-state index contributed by atoms with van der Waals surface area (Å²) in [6.07, 6.45) is 6.52. The van der Waals surface area contributed by atoms with Crippen LogP contribution in [0.15, 0.2) is 29.6 Å². The van der Waals surface area contributed by atoms with Crippen molar-refractivity contribution in [3.63, 3.8) is 0 Å². The van der Waals surface area contributed by atoms with Gasteiger partial charge in [-0.25, -0.2) is 4.98 Å². The first-order valence-electron chi connectivity index (χ1n) is 8.75. The number of nitrogens with one attached hydrogen (secondary N) is 2. The molecule has 27 heavy (non-hydrogen) atoms. The summed E-state index contributed by atoms with van der Waals surface area (Å²) in [5.41, 5.74) is 6.92. The molecule has 0 radical (unpaired) electrons. The predicted octanol–water partition coefficient (Wildman–Crippen LogP) is 3.15. The summed E-state index contributed by atoms with van der Waals surface area (Å²) in [6, 6.07) is 6.17. The minimum Gasteiger partial charge on any atom is -0.481 e. The number of hydrogen-bond acceptors (Lipinski definition) is 6. The molecule has 2 aromatic heterocycles. The summed E-state index contributed by atoms with van der Waals surface area (Å²) >= 11 is 0. The third-order valence-corrected chi connectivity index (χ3v) is 5.53. The topological polar surface area (TPSA) is 92.8 Å². The number of aryl methyl sites for hydroxylation is 2. The van der Waals surface area contributed by atoms with E-state index in [9.17, 15) is 4.21 Å². The van der Waals surface area contributed by atoms with E-state index in [1.807, 2.05) is 12.1 Å². The molecule has 0 saturated heterocycles. The van der Waals surface area contributed by atoms with Crippen LogP contribution in [0, 0.1) is 6.92 Å². The number of methoxy groups -OCH3 is 1. The van der Waals surface area contributed by atoms with Crippen LogP contribution in [0.3, 0.4) is 0 Å². The number of hydrogen-bond donors (Lipinski definition) is 2. The Kier molecular flexibility index (Phi) is 4.65. The molecule has 2 N–H and O–H groups in total. The fourth-order valence-electron chi connectivity index (χ4n) is 3.62. The number of nitrogens with zero attached hydrogens (tertiary/aromatic N) is 3. The second kappa shape index (κ2) is 7.11. The Morgan fingerprint density at radius 2 is 2.15 bits per heavy atom. The van der Waals surface area contributed by atoms with Crippen LogP contribution >= 0.6 is 0 Å². The molecule has 7 nitrogen and oxygen atoms in total. The minimum absolute atomic E-state index is 0.355. The van der Waals surface area contributed by atoms with E-state index >= 15 is 0 Å². The van der Waals surface area contributed by atoms with Crippen LogP contribution in [-0.4, -0.2) is 37.7 Å². The fourth-order valence-corrected chi connectivity index (χ4v) is 4.01. The molecule has 0 aliphatic heterocycles. The van der Waals surface area contributed by atoms with Crippen molar-refractivity contribution in [2.24, 2.45) is 0 Å². The van der Waals surface area contributed by atoms with E-state index in [4.69, 9.17) is 4.74 Å². The van der Waals surface area contributed by atoms with E-state index in [1.165, 1.54) is 16.7 Å². The molecule has 3 aromatic rings. The van der Waals surface area contributed by atoms with Gasteiger partial charge in [0.05, 0.1) is 23.6 Å². The van der Waals surface area contributed by atoms with Crippen LogP contribution in [0.5, 0.6) is 5.88 Å². The number of pyridine rings is 1. The highest BCUT2D eigenvalue weighted by atomic mass is 32.2. The average Bonchev–Trinajstić information content (AvgIpc) is 3.31. The summed E-state index contributed by atoms with van der Waals surface area (Å²) in [5, 5.41) is 10.6. The third-order valence-electron chi connectivity index (χ3n) is 4.80. The van der Waals surface area contributed by atoms with E-state index in [-0.39, 0.29) is 0 Å². The van der Waals surface area contributed by atoms with Crippen LogP contribution in [0.25, 0.3) is 11.1 Å². The Morgan fingerprint density at radius 3 is 2.89 bits per heavy atom. The zero-order chi connectivity index (χ0) is 19.0. The van der Waals surface area contributed by atoms with Gasteiger partial charge >= 0.3 is 0 Å². The summed E-state index contributed by atoms with van der Waals surface area (Å²) in [6.45, 7) is 2.11. The lowest BCUT2D eigenvalue weighted by molar-refractivity contribution is 0.398. The van der Waals surface area contributed by atoms with Gasteiger partial charge in [0, 0.05) is 24.1 Å². The normalized spacial score (nSPS) is 14.0. The van der Waals surface area contributed by atoms with E-state index in [0.717, 1.165) is 36.1 Å². The van der Waals surface area contributed by atoms with Gasteiger partial charge in [-0.3, -0.25) is 9.31 Å². The first-order chi connectivity index (χ1) is 13.1. The number of benzene rings is 1. The van der Waals surface area contributed by atoms with Crippen LogP contribution in [0.4, 0.5) is 11.6 Å². The summed E-state index contributed by atoms with van der Waals surface area (Å²) in [7, 11) is 0.403. The van der Waals surface area contributed by atoms with Crippen molar-refractivity contribution in [3.8, 4) is 17.0 Å². The Hall–Kier alpha value is -2.74. The molecule has 4 rings (SSSR count). The molecule has 1 aliphatic rings. The highest BCUT2D eigenvalue weighted by Crippen LogP contribution is 2.41. The van der Waals surface area contributed by atoms with Gasteiger partial charge in [0.25, 0.3) is 0 Å². The van der Waals surface area contributed by atoms with Gasteiger partial charge in [0.1, 0.15) is 0 Å². The molecule has 1 atom stereocenters. The first kappa shape index (κ1) is 17.7. The van der Waals surface area contributed by atoms with Crippen molar-refractivity contribution in [1.82, 2.24) is 20.2 Å². The molecule has 8 heteroatoms. The lowest BCUT2D eigenvalue weighted by Crippen LogP contribution is -2.03. The number of fused-ring (bicyclic) bond motifs is 1. The maximum absolute atomic E-state index is 11.6. The molecule has 140 valence electrons. The van der Waals surface area contributed by atoms with Gasteiger partial charge in [0.2, 0.25) is 17.0 Å². The molecule has 0 spiro atoms. The van der Waals surface area contributed by atoms with Gasteiger partial charge < -0.3 is 10.1 Å². The van der Waals surface area contributed by atoms with Gasteiger partial charge in [-0.1, -0.05) is 6.07 Å². The number of aromatic amines is 1. The molecule has 0 bridgehead atoms. The molecule has 0 amide bonds. The van der Waals surface area contributed by atoms with Crippen molar-refractivity contribution >= 4 is 22.4 Å². The first-order valence-corrected chi connectivity index (χ1v) is 10.3. The average molecular weight is 383 g/mol. The van der Waals surface area contributed by atoms with Crippen LogP contribution < -0.4 is 10.1 Å². The number of H-pyrrole nitrogens is 1. The number of rotatable bonds is 5. The quantitative estimate of drug-likeness (QED) is 0.703. The zero-order valence-corrected chi connectivity index (χ0v) is 16.3. The molecule has 0 saturated carbocycles. The summed E-state index contributed by atoms with van der Waals surface area (Å²) in [5.74, 6) is 0.988. The van der Waals surface area contributed by atoms with Gasteiger partial charge in [0.15, 0.2) is 0 Å². The molecule has 1 aliphatic carbocycles. The highest BCUT2D eigenvalue weighted by Gasteiger charge is 2.22. The van der Waals surface area contributed by atoms with Crippen molar-refractivity contribution in [1.29, 1.82) is 0 Å². The molecular weight excluding hydrogens is 362 g/mol. The summed E-state index contributed by atoms with van der Waals surface area (Å²) in [4.78, 5) is 8.53. The van der Waals surface area contributed by atoms with E-state index < -0.39 is 10.8 Å². The Balaban J connectivity index is 1.86. The fraction of sp³-hybridized carbons (Fsp3) is 0.316. The van der Waals surface area contributed by atoms with Crippen LogP contribution in [-0.2, 0) is 23.6 Å². The smallest absolute Gasteiger partial charge is 0.247 e. The minimum atomic E-state index is -1.21. The van der Waals surface area contributed by atoms with Crippen molar-refractivity contribution in [3.05, 3.63) is 41.1 Å². The number of aromatic nitrogens is 4. The Bertz CT molecular complexity index is 1030. The predicted molar refractivity (Wildman–Crippen MR) is 105 cm³/mol. The maximum atomic E-state index is 11.6. The molecule has 0 fully saturated rings. The van der Waals surface area contributed by atoms with Crippen LogP contribution in [0.1, 0.15) is 23.1 Å². The Labute approximate surface area is 160 Å². The zero-order valence-electron chi connectivity index (χ0n) is 15.5. The Morgan fingerprint density at radius 1 is 1.30 bits per heavy atom. The van der Waals surface area contributed by atoms with Gasteiger partial charge in [-0.2, -0.15) is 4.98 Å². The second-order valence-corrected chi connectivity index (χ2v) is 7.86. The van der Waals surface area contributed by atoms with E-state index in [0.29, 0.717) is 17.0 Å². The second-order valence-electron chi connectivity index (χ2n) is 6.56.